The number of anilines is 1. The van der Waals surface area contributed by atoms with E-state index < -0.39 is 27.1 Å². The molecule has 0 saturated carbocycles. The molecule has 0 aliphatic carbocycles. The highest BCUT2D eigenvalue weighted by atomic mass is 79.9. The summed E-state index contributed by atoms with van der Waals surface area (Å²) in [5.74, 6) is -0.0889. The largest absolute Gasteiger partial charge is 0.497 e. The number of nitrogens with zero attached hydrogens (tertiary/aromatic N) is 3. The minimum atomic E-state index is -0.790. The van der Waals surface area contributed by atoms with Crippen molar-refractivity contribution in [2.75, 3.05) is 12.4 Å². The van der Waals surface area contributed by atoms with Crippen molar-refractivity contribution in [2.24, 2.45) is 0 Å². The second-order valence-electron chi connectivity index (χ2n) is 6.93. The van der Waals surface area contributed by atoms with Crippen LogP contribution in [0, 0.1) is 31.6 Å². The molecule has 0 heterocycles. The van der Waals surface area contributed by atoms with Crippen LogP contribution in [-0.2, 0) is 4.79 Å². The van der Waals surface area contributed by atoms with Gasteiger partial charge in [-0.25, -0.2) is 0 Å². The van der Waals surface area contributed by atoms with Crippen molar-refractivity contribution in [3.05, 3.63) is 94.9 Å². The topological polar surface area (TPSA) is 158 Å². The van der Waals surface area contributed by atoms with Gasteiger partial charge in [0, 0.05) is 11.8 Å². The first-order valence-corrected chi connectivity index (χ1v) is 11.4. The Morgan fingerprint density at radius 2 is 1.67 bits per heavy atom. The molecule has 11 nitrogen and oxygen atoms in total. The average molecular weight is 618 g/mol. The van der Waals surface area contributed by atoms with Gasteiger partial charge >= 0.3 is 5.69 Å². The molecule has 0 aliphatic rings. The van der Waals surface area contributed by atoms with Crippen molar-refractivity contribution in [3.8, 4) is 23.3 Å². The lowest BCUT2D eigenvalue weighted by molar-refractivity contribution is -0.394. The molecule has 0 bridgehead atoms. The fourth-order valence-electron chi connectivity index (χ4n) is 2.91. The normalized spacial score (nSPS) is 10.8. The summed E-state index contributed by atoms with van der Waals surface area (Å²) in [5.41, 5.74) is -0.304. The fraction of sp³-hybridized carbons (Fsp3) is 0.0435. The molecule has 3 aromatic rings. The van der Waals surface area contributed by atoms with Gasteiger partial charge in [-0.1, -0.05) is 0 Å². The van der Waals surface area contributed by atoms with Crippen molar-refractivity contribution in [1.29, 1.82) is 5.26 Å². The Hall–Kier alpha value is -4.28. The highest BCUT2D eigenvalue weighted by molar-refractivity contribution is 9.11. The van der Waals surface area contributed by atoms with E-state index in [0.717, 1.165) is 18.2 Å². The van der Waals surface area contributed by atoms with Crippen molar-refractivity contribution in [1.82, 2.24) is 0 Å². The van der Waals surface area contributed by atoms with Crippen LogP contribution in [0.4, 0.5) is 17.1 Å². The molecule has 1 N–H and O–H groups in total. The third-order valence-electron chi connectivity index (χ3n) is 4.61. The number of nitrogens with one attached hydrogen (secondary N) is 1. The van der Waals surface area contributed by atoms with Gasteiger partial charge in [-0.05, 0) is 86.0 Å². The Bertz CT molecular complexity index is 1410. The molecule has 182 valence electrons. The number of non-ortho nitro benzene ring substituents is 1. The monoisotopic (exact) mass is 616 g/mol. The predicted molar refractivity (Wildman–Crippen MR) is 137 cm³/mol. The Kier molecular flexibility index (Phi) is 8.36. The first-order valence-electron chi connectivity index (χ1n) is 9.80. The summed E-state index contributed by atoms with van der Waals surface area (Å²) in [6.45, 7) is 0. The molecule has 0 aliphatic heterocycles. The van der Waals surface area contributed by atoms with Crippen molar-refractivity contribution in [2.45, 2.75) is 0 Å². The van der Waals surface area contributed by atoms with Gasteiger partial charge in [0.15, 0.2) is 5.75 Å². The molecule has 3 aromatic carbocycles. The number of amides is 1. The summed E-state index contributed by atoms with van der Waals surface area (Å²) in [6, 6.07) is 14.5. The maximum atomic E-state index is 12.6. The van der Waals surface area contributed by atoms with Gasteiger partial charge < -0.3 is 14.8 Å². The highest BCUT2D eigenvalue weighted by Gasteiger charge is 2.23. The number of carbonyl (C=O) groups excluding carboxylic acids is 1. The van der Waals surface area contributed by atoms with Crippen LogP contribution < -0.4 is 14.8 Å². The molecule has 0 unspecified atom stereocenters. The third kappa shape index (κ3) is 6.23. The van der Waals surface area contributed by atoms with Gasteiger partial charge in [0.25, 0.3) is 11.6 Å². The van der Waals surface area contributed by atoms with Crippen LogP contribution in [0.1, 0.15) is 5.56 Å². The highest BCUT2D eigenvalue weighted by Crippen LogP contribution is 2.41. The zero-order chi connectivity index (χ0) is 26.4. The maximum Gasteiger partial charge on any atom is 0.318 e. The zero-order valence-corrected chi connectivity index (χ0v) is 21.4. The lowest BCUT2D eigenvalue weighted by Gasteiger charge is -2.11. The van der Waals surface area contributed by atoms with E-state index in [9.17, 15) is 30.3 Å². The molecule has 3 rings (SSSR count). The molecule has 0 atom stereocenters. The number of nitro groups is 2. The Balaban J connectivity index is 1.87. The van der Waals surface area contributed by atoms with Gasteiger partial charge in [0.2, 0.25) is 5.75 Å². The van der Waals surface area contributed by atoms with Crippen LogP contribution in [0.2, 0.25) is 0 Å². The number of nitriles is 1. The minimum Gasteiger partial charge on any atom is -0.497 e. The molecule has 0 aromatic heterocycles. The lowest BCUT2D eigenvalue weighted by Crippen LogP contribution is -2.13. The molecule has 36 heavy (non-hydrogen) atoms. The van der Waals surface area contributed by atoms with Crippen LogP contribution in [-0.4, -0.2) is 22.9 Å². The number of carbonyl (C=O) groups is 1. The Labute approximate surface area is 220 Å². The van der Waals surface area contributed by atoms with Crippen LogP contribution in [0.25, 0.3) is 6.08 Å². The third-order valence-corrected chi connectivity index (χ3v) is 5.78. The van der Waals surface area contributed by atoms with Gasteiger partial charge in [-0.2, -0.15) is 5.26 Å². The molecule has 0 saturated heterocycles. The van der Waals surface area contributed by atoms with Crippen molar-refractivity contribution >= 4 is 60.9 Å². The van der Waals surface area contributed by atoms with E-state index in [1.54, 1.807) is 24.3 Å². The van der Waals surface area contributed by atoms with E-state index in [2.05, 4.69) is 37.2 Å². The minimum absolute atomic E-state index is 0.144. The number of ether oxygens (including phenoxy) is 2. The Morgan fingerprint density at radius 3 is 2.19 bits per heavy atom. The summed E-state index contributed by atoms with van der Waals surface area (Å²) < 4.78 is 11.4. The summed E-state index contributed by atoms with van der Waals surface area (Å²) in [5, 5.41) is 34.4. The molecule has 1 amide bonds. The van der Waals surface area contributed by atoms with Gasteiger partial charge in [0.05, 0.1) is 32.0 Å². The first kappa shape index (κ1) is 26.3. The lowest BCUT2D eigenvalue weighted by atomic mass is 10.1. The SMILES string of the molecule is COc1ccc(NC(=O)/C(C#N)=C/c2cc(Br)c(Oc3ccc([N+](=O)[O-])cc3[N+](=O)[O-])c(Br)c2)cc1. The van der Waals surface area contributed by atoms with Crippen LogP contribution in [0.3, 0.4) is 0 Å². The van der Waals surface area contributed by atoms with E-state index in [-0.39, 0.29) is 17.1 Å². The second-order valence-corrected chi connectivity index (χ2v) is 8.64. The number of rotatable bonds is 8. The standard InChI is InChI=1S/C23H14Br2N4O7/c1-35-17-5-2-15(3-6-17)27-23(30)14(12-26)8-13-9-18(24)22(19(25)10-13)36-21-7-4-16(28(31)32)11-20(21)29(33)34/h2-11H,1H3,(H,27,30)/b14-8+. The summed E-state index contributed by atoms with van der Waals surface area (Å²) in [6.07, 6.45) is 1.35. The van der Waals surface area contributed by atoms with E-state index in [0.29, 0.717) is 25.9 Å². The van der Waals surface area contributed by atoms with E-state index >= 15 is 0 Å². The van der Waals surface area contributed by atoms with Crippen LogP contribution in [0.15, 0.2) is 69.1 Å². The van der Waals surface area contributed by atoms with Gasteiger partial charge in [-0.3, -0.25) is 25.0 Å². The molecule has 0 fully saturated rings. The van der Waals surface area contributed by atoms with Crippen molar-refractivity contribution < 1.29 is 24.1 Å². The van der Waals surface area contributed by atoms with Gasteiger partial charge in [0.1, 0.15) is 17.4 Å². The van der Waals surface area contributed by atoms with Crippen molar-refractivity contribution in [3.63, 3.8) is 0 Å². The number of hydrogen-bond acceptors (Lipinski definition) is 8. The zero-order valence-electron chi connectivity index (χ0n) is 18.2. The average Bonchev–Trinajstić information content (AvgIpc) is 2.85. The molecule has 0 radical (unpaired) electrons. The number of nitro benzene ring substituents is 2. The van der Waals surface area contributed by atoms with Crippen LogP contribution in [0.5, 0.6) is 17.2 Å². The number of hydrogen-bond donors (Lipinski definition) is 1. The van der Waals surface area contributed by atoms with E-state index in [1.165, 1.54) is 25.3 Å². The molecular formula is C23H14Br2N4O7. The first-order chi connectivity index (χ1) is 17.1. The smallest absolute Gasteiger partial charge is 0.318 e. The number of halogens is 2. The quantitative estimate of drug-likeness (QED) is 0.132. The summed E-state index contributed by atoms with van der Waals surface area (Å²) in [7, 11) is 1.52. The second kappa shape index (κ2) is 11.4. The number of methoxy groups -OCH3 is 1. The predicted octanol–water partition coefficient (Wildman–Crippen LogP) is 6.37. The van der Waals surface area contributed by atoms with E-state index in [4.69, 9.17) is 9.47 Å². The summed E-state index contributed by atoms with van der Waals surface area (Å²) >= 11 is 6.63. The van der Waals surface area contributed by atoms with E-state index in [1.807, 2.05) is 6.07 Å². The van der Waals surface area contributed by atoms with Gasteiger partial charge in [-0.15, -0.1) is 0 Å². The molecular weight excluding hydrogens is 604 g/mol. The fourth-order valence-corrected chi connectivity index (χ4v) is 4.29. The maximum absolute atomic E-state index is 12.6. The number of benzene rings is 3. The molecule has 13 heteroatoms. The van der Waals surface area contributed by atoms with Crippen LogP contribution >= 0.6 is 31.9 Å². The Morgan fingerprint density at radius 1 is 1.03 bits per heavy atom. The molecule has 0 spiro atoms. The summed E-state index contributed by atoms with van der Waals surface area (Å²) in [4.78, 5) is 33.4.